The van der Waals surface area contributed by atoms with Crippen LogP contribution in [0.3, 0.4) is 0 Å². The van der Waals surface area contributed by atoms with Gasteiger partial charge < -0.3 is 13.9 Å². The lowest BCUT2D eigenvalue weighted by Crippen LogP contribution is -2.32. The molecule has 0 bridgehead atoms. The number of carbonyl (C=O) groups excluding carboxylic acids is 1. The maximum absolute atomic E-state index is 13.0. The van der Waals surface area contributed by atoms with E-state index in [2.05, 4.69) is 4.90 Å². The number of furan rings is 1. The van der Waals surface area contributed by atoms with Crippen LogP contribution in [-0.2, 0) is 13.1 Å². The van der Waals surface area contributed by atoms with Crippen LogP contribution < -0.4 is 9.47 Å². The maximum Gasteiger partial charge on any atom is 0.232 e. The summed E-state index contributed by atoms with van der Waals surface area (Å²) in [6.07, 6.45) is 1.64. The number of Topliss-reactive ketones (excluding diaryl/α,β-unsaturated/α-hetero) is 1. The van der Waals surface area contributed by atoms with E-state index < -0.39 is 0 Å². The van der Waals surface area contributed by atoms with Gasteiger partial charge in [-0.15, -0.1) is 0 Å². The van der Waals surface area contributed by atoms with Crippen molar-refractivity contribution in [1.82, 2.24) is 4.90 Å². The van der Waals surface area contributed by atoms with E-state index in [0.29, 0.717) is 36.9 Å². The molecule has 152 valence electrons. The Morgan fingerprint density at radius 1 is 1.13 bits per heavy atom. The molecule has 0 aliphatic carbocycles. The number of hydrogen-bond donors (Lipinski definition) is 0. The van der Waals surface area contributed by atoms with Crippen LogP contribution in [0.5, 0.6) is 11.5 Å². The first-order valence-electron chi connectivity index (χ1n) is 9.75. The first-order chi connectivity index (χ1) is 14.5. The number of benzene rings is 2. The molecule has 2 aromatic carbocycles. The van der Waals surface area contributed by atoms with Crippen LogP contribution in [0, 0.1) is 13.8 Å². The van der Waals surface area contributed by atoms with Gasteiger partial charge in [-0.1, -0.05) is 29.8 Å². The Labute approximate surface area is 179 Å². The summed E-state index contributed by atoms with van der Waals surface area (Å²) in [6.45, 7) is 5.56. The number of ketones is 1. The average Bonchev–Trinajstić information content (AvgIpc) is 3.28. The molecular weight excluding hydrogens is 402 g/mol. The van der Waals surface area contributed by atoms with Gasteiger partial charge in [0.1, 0.15) is 29.8 Å². The molecule has 30 heavy (non-hydrogen) atoms. The summed E-state index contributed by atoms with van der Waals surface area (Å²) < 4.78 is 17.5. The van der Waals surface area contributed by atoms with Gasteiger partial charge in [-0.2, -0.15) is 0 Å². The standard InChI is InChI=1S/C24H20ClNO4/c1-14-7-8-18(29-14)10-21-22(27)19-9-17-12-26(11-16-5-3-4-6-20(16)25)13-28-23(17)15(2)24(19)30-21/h3-10H,11-13H2,1-2H3/b21-10-. The Balaban J connectivity index is 1.43. The molecule has 0 radical (unpaired) electrons. The molecule has 0 saturated carbocycles. The van der Waals surface area contributed by atoms with Crippen molar-refractivity contribution in [2.24, 2.45) is 0 Å². The fourth-order valence-corrected chi connectivity index (χ4v) is 4.12. The van der Waals surface area contributed by atoms with Crippen molar-refractivity contribution in [3.63, 3.8) is 0 Å². The molecule has 6 heteroatoms. The largest absolute Gasteiger partial charge is 0.477 e. The monoisotopic (exact) mass is 421 g/mol. The topological polar surface area (TPSA) is 51.9 Å². The minimum absolute atomic E-state index is 0.145. The summed E-state index contributed by atoms with van der Waals surface area (Å²) >= 11 is 6.31. The van der Waals surface area contributed by atoms with E-state index in [0.717, 1.165) is 33.2 Å². The fourth-order valence-electron chi connectivity index (χ4n) is 3.93. The third kappa shape index (κ3) is 3.30. The van der Waals surface area contributed by atoms with E-state index in [1.54, 1.807) is 6.08 Å². The molecule has 0 saturated heterocycles. The number of allylic oxidation sites excluding steroid dienone is 1. The molecule has 3 aromatic rings. The van der Waals surface area contributed by atoms with Gasteiger partial charge >= 0.3 is 0 Å². The highest BCUT2D eigenvalue weighted by Crippen LogP contribution is 2.43. The van der Waals surface area contributed by atoms with Crippen molar-refractivity contribution in [2.45, 2.75) is 26.9 Å². The Morgan fingerprint density at radius 2 is 1.97 bits per heavy atom. The lowest BCUT2D eigenvalue weighted by molar-refractivity contribution is 0.0877. The third-order valence-corrected chi connectivity index (χ3v) is 5.76. The van der Waals surface area contributed by atoms with Crippen LogP contribution in [0.15, 0.2) is 52.6 Å². The van der Waals surface area contributed by atoms with E-state index in [-0.39, 0.29) is 11.5 Å². The van der Waals surface area contributed by atoms with Gasteiger partial charge in [0.15, 0.2) is 5.76 Å². The van der Waals surface area contributed by atoms with Crippen molar-refractivity contribution >= 4 is 23.5 Å². The maximum atomic E-state index is 13.0. The first-order valence-corrected chi connectivity index (χ1v) is 10.1. The van der Waals surface area contributed by atoms with Gasteiger partial charge in [0.05, 0.1) is 5.56 Å². The molecule has 0 spiro atoms. The lowest BCUT2D eigenvalue weighted by atomic mass is 10.00. The number of ether oxygens (including phenoxy) is 2. The second kappa shape index (κ2) is 7.35. The van der Waals surface area contributed by atoms with Crippen molar-refractivity contribution in [1.29, 1.82) is 0 Å². The summed E-state index contributed by atoms with van der Waals surface area (Å²) in [5, 5.41) is 0.736. The molecule has 5 rings (SSSR count). The summed E-state index contributed by atoms with van der Waals surface area (Å²) in [4.78, 5) is 15.1. The zero-order valence-electron chi connectivity index (χ0n) is 16.7. The van der Waals surface area contributed by atoms with E-state index in [1.807, 2.05) is 56.3 Å². The van der Waals surface area contributed by atoms with E-state index >= 15 is 0 Å². The molecule has 0 amide bonds. The molecule has 1 aromatic heterocycles. The van der Waals surface area contributed by atoms with Crippen LogP contribution in [0.25, 0.3) is 6.08 Å². The molecule has 0 fully saturated rings. The molecule has 2 aliphatic rings. The van der Waals surface area contributed by atoms with E-state index in [9.17, 15) is 4.79 Å². The SMILES string of the molecule is Cc1ccc(/C=C2\Oc3c(cc4c(c3C)OCN(Cc3ccccc3Cl)C4)C2=O)o1. The molecular formula is C24H20ClNO4. The van der Waals surface area contributed by atoms with Gasteiger partial charge in [0.25, 0.3) is 0 Å². The highest BCUT2D eigenvalue weighted by Gasteiger charge is 2.33. The quantitative estimate of drug-likeness (QED) is 0.521. The van der Waals surface area contributed by atoms with Gasteiger partial charge in [0, 0.05) is 35.3 Å². The van der Waals surface area contributed by atoms with Crippen LogP contribution in [0.2, 0.25) is 5.02 Å². The minimum Gasteiger partial charge on any atom is -0.477 e. The third-order valence-electron chi connectivity index (χ3n) is 5.39. The zero-order valence-corrected chi connectivity index (χ0v) is 17.5. The number of aryl methyl sites for hydroxylation is 1. The van der Waals surface area contributed by atoms with Gasteiger partial charge in [-0.3, -0.25) is 9.69 Å². The summed E-state index contributed by atoms with van der Waals surface area (Å²) in [6, 6.07) is 13.3. The molecule has 5 nitrogen and oxygen atoms in total. The van der Waals surface area contributed by atoms with Gasteiger partial charge in [0.2, 0.25) is 5.78 Å². The Kier molecular flexibility index (Phi) is 4.65. The Bertz CT molecular complexity index is 1190. The number of fused-ring (bicyclic) bond motifs is 2. The van der Waals surface area contributed by atoms with E-state index in [4.69, 9.17) is 25.5 Å². The number of halogens is 1. The van der Waals surface area contributed by atoms with Crippen LogP contribution in [-0.4, -0.2) is 17.4 Å². The number of nitrogens with zero attached hydrogens (tertiary/aromatic N) is 1. The Morgan fingerprint density at radius 3 is 2.73 bits per heavy atom. The van der Waals surface area contributed by atoms with Crippen LogP contribution >= 0.6 is 11.6 Å². The molecule has 3 heterocycles. The minimum atomic E-state index is -0.145. The molecule has 2 aliphatic heterocycles. The normalized spacial score (nSPS) is 16.9. The van der Waals surface area contributed by atoms with Crippen molar-refractivity contribution < 1.29 is 18.7 Å². The first kappa shape index (κ1) is 19.0. The van der Waals surface area contributed by atoms with E-state index in [1.165, 1.54) is 0 Å². The highest BCUT2D eigenvalue weighted by atomic mass is 35.5. The second-order valence-corrected chi connectivity index (χ2v) is 8.01. The van der Waals surface area contributed by atoms with Crippen LogP contribution in [0.4, 0.5) is 0 Å². The molecule has 0 atom stereocenters. The zero-order chi connectivity index (χ0) is 20.8. The summed E-state index contributed by atoms with van der Waals surface area (Å²) in [5.74, 6) is 2.84. The van der Waals surface area contributed by atoms with Crippen molar-refractivity contribution in [3.8, 4) is 11.5 Å². The highest BCUT2D eigenvalue weighted by molar-refractivity contribution is 6.31. The number of hydrogen-bond acceptors (Lipinski definition) is 5. The summed E-state index contributed by atoms with van der Waals surface area (Å²) in [5.41, 5.74) is 3.41. The smallest absolute Gasteiger partial charge is 0.232 e. The number of rotatable bonds is 3. The van der Waals surface area contributed by atoms with Gasteiger partial charge in [-0.05, 0) is 43.7 Å². The van der Waals surface area contributed by atoms with Gasteiger partial charge in [-0.25, -0.2) is 0 Å². The predicted molar refractivity (Wildman–Crippen MR) is 114 cm³/mol. The lowest BCUT2D eigenvalue weighted by Gasteiger charge is -2.30. The van der Waals surface area contributed by atoms with Crippen LogP contribution in [0.1, 0.15) is 38.6 Å². The average molecular weight is 422 g/mol. The second-order valence-electron chi connectivity index (χ2n) is 7.61. The predicted octanol–water partition coefficient (Wildman–Crippen LogP) is 5.52. The Hall–Kier alpha value is -3.02. The molecule has 0 N–H and O–H groups in total. The molecule has 0 unspecified atom stereocenters. The number of carbonyl (C=O) groups is 1. The van der Waals surface area contributed by atoms with Crippen molar-refractivity contribution in [3.05, 3.63) is 87.0 Å². The summed E-state index contributed by atoms with van der Waals surface area (Å²) in [7, 11) is 0. The fraction of sp³-hybridized carbons (Fsp3) is 0.208. The van der Waals surface area contributed by atoms with Crippen molar-refractivity contribution in [2.75, 3.05) is 6.73 Å².